The van der Waals surface area contributed by atoms with Crippen LogP contribution in [0.1, 0.15) is 13.3 Å². The van der Waals surface area contributed by atoms with Crippen LogP contribution in [0, 0.1) is 10.1 Å². The van der Waals surface area contributed by atoms with Crippen LogP contribution in [0.2, 0.25) is 0 Å². The molecule has 0 aliphatic carbocycles. The van der Waals surface area contributed by atoms with Gasteiger partial charge in [-0.2, -0.15) is 0 Å². The van der Waals surface area contributed by atoms with Crippen LogP contribution in [0.5, 0.6) is 0 Å². The molecule has 0 aromatic carbocycles. The first-order chi connectivity index (χ1) is 7.57. The number of nitro groups is 1. The van der Waals surface area contributed by atoms with Crippen LogP contribution in [-0.4, -0.2) is 35.5 Å². The minimum absolute atomic E-state index is 0.0825. The molecule has 88 valence electrons. The molecule has 1 N–H and O–H groups in total. The lowest BCUT2D eigenvalue weighted by Crippen LogP contribution is -2.15. The molecule has 0 saturated heterocycles. The summed E-state index contributed by atoms with van der Waals surface area (Å²) in [5.41, 5.74) is -0.0825. The van der Waals surface area contributed by atoms with E-state index >= 15 is 0 Å². The first-order valence-corrected chi connectivity index (χ1v) is 4.98. The Morgan fingerprint density at radius 3 is 2.69 bits per heavy atom. The van der Waals surface area contributed by atoms with Crippen molar-refractivity contribution in [2.75, 3.05) is 30.9 Å². The molecule has 7 heteroatoms. The summed E-state index contributed by atoms with van der Waals surface area (Å²) in [4.78, 5) is 19.9. The summed E-state index contributed by atoms with van der Waals surface area (Å²) in [7, 11) is 3.41. The third-order valence-corrected chi connectivity index (χ3v) is 1.95. The molecular weight excluding hydrogens is 210 g/mol. The number of hydrogen-bond donors (Lipinski definition) is 1. The van der Waals surface area contributed by atoms with E-state index in [0.29, 0.717) is 12.4 Å². The Bertz CT molecular complexity index is 380. The zero-order valence-corrected chi connectivity index (χ0v) is 9.60. The van der Waals surface area contributed by atoms with Gasteiger partial charge in [0.2, 0.25) is 11.6 Å². The van der Waals surface area contributed by atoms with Crippen LogP contribution in [0.3, 0.4) is 0 Å². The molecule has 0 amide bonds. The van der Waals surface area contributed by atoms with Gasteiger partial charge in [-0.05, 0) is 6.42 Å². The molecule has 1 aromatic heterocycles. The van der Waals surface area contributed by atoms with Gasteiger partial charge in [0.1, 0.15) is 6.33 Å². The van der Waals surface area contributed by atoms with E-state index in [1.54, 1.807) is 19.0 Å². The number of nitrogens with one attached hydrogen (secondary N) is 1. The van der Waals surface area contributed by atoms with Crippen molar-refractivity contribution in [3.8, 4) is 0 Å². The fourth-order valence-corrected chi connectivity index (χ4v) is 1.24. The molecule has 1 heterocycles. The van der Waals surface area contributed by atoms with Crippen molar-refractivity contribution in [2.45, 2.75) is 13.3 Å². The lowest BCUT2D eigenvalue weighted by Gasteiger charge is -2.13. The smallest absolute Gasteiger partial charge is 0.353 e. The normalized spacial score (nSPS) is 9.94. The van der Waals surface area contributed by atoms with E-state index in [1.807, 2.05) is 6.92 Å². The average molecular weight is 225 g/mol. The molecule has 16 heavy (non-hydrogen) atoms. The molecule has 7 nitrogen and oxygen atoms in total. The van der Waals surface area contributed by atoms with Gasteiger partial charge in [-0.1, -0.05) is 6.92 Å². The van der Waals surface area contributed by atoms with Crippen LogP contribution in [-0.2, 0) is 0 Å². The average Bonchev–Trinajstić information content (AvgIpc) is 2.25. The minimum Gasteiger partial charge on any atom is -0.364 e. The summed E-state index contributed by atoms with van der Waals surface area (Å²) in [6.07, 6.45) is 2.19. The third-order valence-electron chi connectivity index (χ3n) is 1.95. The molecule has 0 atom stereocenters. The first-order valence-electron chi connectivity index (χ1n) is 4.98. The number of anilines is 2. The molecule has 0 aliphatic rings. The fourth-order valence-electron chi connectivity index (χ4n) is 1.24. The minimum atomic E-state index is -0.465. The van der Waals surface area contributed by atoms with Gasteiger partial charge in [0.15, 0.2) is 0 Å². The molecule has 0 spiro atoms. The molecule has 0 bridgehead atoms. The number of rotatable bonds is 5. The monoisotopic (exact) mass is 225 g/mol. The molecule has 0 saturated carbocycles. The standard InChI is InChI=1S/C9H15N5O2/c1-4-5-10-8-7(14(15)16)9(13(2)3)12-6-11-8/h6H,4-5H2,1-3H3,(H,10,11,12). The topological polar surface area (TPSA) is 84.2 Å². The number of hydrogen-bond acceptors (Lipinski definition) is 6. The van der Waals surface area contributed by atoms with Crippen molar-refractivity contribution in [2.24, 2.45) is 0 Å². The summed E-state index contributed by atoms with van der Waals surface area (Å²) in [6.45, 7) is 2.62. The van der Waals surface area contributed by atoms with Crippen molar-refractivity contribution in [3.63, 3.8) is 0 Å². The third kappa shape index (κ3) is 2.56. The quantitative estimate of drug-likeness (QED) is 0.600. The van der Waals surface area contributed by atoms with E-state index in [-0.39, 0.29) is 11.5 Å². The van der Waals surface area contributed by atoms with Crippen molar-refractivity contribution >= 4 is 17.3 Å². The second-order valence-electron chi connectivity index (χ2n) is 3.47. The highest BCUT2D eigenvalue weighted by molar-refractivity contribution is 5.69. The van der Waals surface area contributed by atoms with Gasteiger partial charge in [-0.3, -0.25) is 10.1 Å². The fraction of sp³-hybridized carbons (Fsp3) is 0.556. The molecular formula is C9H15N5O2. The van der Waals surface area contributed by atoms with Crippen LogP contribution >= 0.6 is 0 Å². The summed E-state index contributed by atoms with van der Waals surface area (Å²) in [5, 5.41) is 13.9. The lowest BCUT2D eigenvalue weighted by atomic mass is 10.4. The molecule has 1 rings (SSSR count). The van der Waals surface area contributed by atoms with Gasteiger partial charge in [-0.25, -0.2) is 9.97 Å². The maximum absolute atomic E-state index is 11.0. The summed E-state index contributed by atoms with van der Waals surface area (Å²) >= 11 is 0. The SMILES string of the molecule is CCCNc1ncnc(N(C)C)c1[N+](=O)[O-]. The Morgan fingerprint density at radius 2 is 2.19 bits per heavy atom. The van der Waals surface area contributed by atoms with Gasteiger partial charge in [0, 0.05) is 20.6 Å². The second kappa shape index (κ2) is 5.24. The van der Waals surface area contributed by atoms with E-state index in [1.165, 1.54) is 6.33 Å². The zero-order chi connectivity index (χ0) is 12.1. The van der Waals surface area contributed by atoms with E-state index < -0.39 is 4.92 Å². The van der Waals surface area contributed by atoms with E-state index in [0.717, 1.165) is 6.42 Å². The molecule has 0 aliphatic heterocycles. The first kappa shape index (κ1) is 12.2. The Hall–Kier alpha value is -1.92. The Kier molecular flexibility index (Phi) is 3.98. The Morgan fingerprint density at radius 1 is 1.50 bits per heavy atom. The molecule has 0 radical (unpaired) electrons. The predicted octanol–water partition coefficient (Wildman–Crippen LogP) is 1.27. The second-order valence-corrected chi connectivity index (χ2v) is 3.47. The van der Waals surface area contributed by atoms with Gasteiger partial charge in [0.05, 0.1) is 4.92 Å². The largest absolute Gasteiger partial charge is 0.364 e. The summed E-state index contributed by atoms with van der Waals surface area (Å²) in [5.74, 6) is 0.573. The molecule has 1 aromatic rings. The highest BCUT2D eigenvalue weighted by atomic mass is 16.6. The Balaban J connectivity index is 3.16. The van der Waals surface area contributed by atoms with Crippen molar-refractivity contribution in [1.82, 2.24) is 9.97 Å². The van der Waals surface area contributed by atoms with Crippen LogP contribution in [0.4, 0.5) is 17.3 Å². The lowest BCUT2D eigenvalue weighted by molar-refractivity contribution is -0.383. The van der Waals surface area contributed by atoms with Crippen LogP contribution < -0.4 is 10.2 Å². The maximum Gasteiger partial charge on any atom is 0.353 e. The zero-order valence-electron chi connectivity index (χ0n) is 9.60. The highest BCUT2D eigenvalue weighted by Crippen LogP contribution is 2.30. The highest BCUT2D eigenvalue weighted by Gasteiger charge is 2.23. The molecule has 0 unspecified atom stereocenters. The van der Waals surface area contributed by atoms with Crippen LogP contribution in [0.25, 0.3) is 0 Å². The van der Waals surface area contributed by atoms with E-state index in [2.05, 4.69) is 15.3 Å². The maximum atomic E-state index is 11.0. The van der Waals surface area contributed by atoms with Gasteiger partial charge in [0.25, 0.3) is 0 Å². The van der Waals surface area contributed by atoms with Crippen LogP contribution in [0.15, 0.2) is 6.33 Å². The van der Waals surface area contributed by atoms with Crippen molar-refractivity contribution in [1.29, 1.82) is 0 Å². The predicted molar refractivity (Wildman–Crippen MR) is 61.8 cm³/mol. The van der Waals surface area contributed by atoms with Gasteiger partial charge in [-0.15, -0.1) is 0 Å². The van der Waals surface area contributed by atoms with E-state index in [9.17, 15) is 10.1 Å². The molecule has 0 fully saturated rings. The Labute approximate surface area is 93.7 Å². The number of nitrogens with zero attached hydrogens (tertiary/aromatic N) is 4. The van der Waals surface area contributed by atoms with Crippen molar-refractivity contribution in [3.05, 3.63) is 16.4 Å². The van der Waals surface area contributed by atoms with Gasteiger partial charge >= 0.3 is 5.69 Å². The summed E-state index contributed by atoms with van der Waals surface area (Å²) < 4.78 is 0. The summed E-state index contributed by atoms with van der Waals surface area (Å²) in [6, 6.07) is 0. The van der Waals surface area contributed by atoms with E-state index in [4.69, 9.17) is 0 Å². The number of aromatic nitrogens is 2. The van der Waals surface area contributed by atoms with Gasteiger partial charge < -0.3 is 10.2 Å². The van der Waals surface area contributed by atoms with Crippen molar-refractivity contribution < 1.29 is 4.92 Å².